The van der Waals surface area contributed by atoms with Crippen molar-refractivity contribution in [1.82, 2.24) is 0 Å². The predicted molar refractivity (Wildman–Crippen MR) is 74.5 cm³/mol. The molecule has 1 amide bonds. The van der Waals surface area contributed by atoms with Gasteiger partial charge < -0.3 is 15.8 Å². The molecule has 0 aliphatic carbocycles. The van der Waals surface area contributed by atoms with Crippen LogP contribution in [0.3, 0.4) is 0 Å². The summed E-state index contributed by atoms with van der Waals surface area (Å²) in [5.74, 6) is 0.213. The van der Waals surface area contributed by atoms with Crippen LogP contribution in [0.1, 0.15) is 26.3 Å². The number of nitrogens with two attached hydrogens (primary N) is 1. The fraction of sp³-hybridized carbons (Fsp3) is 0.500. The maximum absolute atomic E-state index is 11.8. The van der Waals surface area contributed by atoms with Crippen LogP contribution in [0.25, 0.3) is 0 Å². The molecule has 1 rings (SSSR count). The maximum Gasteiger partial charge on any atom is 0.250 e. The summed E-state index contributed by atoms with van der Waals surface area (Å²) in [6.45, 7) is 8.03. The second-order valence-corrected chi connectivity index (χ2v) is 4.85. The summed E-state index contributed by atoms with van der Waals surface area (Å²) in [5, 5.41) is 2.78. The SMILES string of the molecule is Cc1cccc(N)c1NC(=O)COC(C)C(C)C. The average molecular weight is 250 g/mol. The first-order chi connectivity index (χ1) is 8.41. The van der Waals surface area contributed by atoms with E-state index in [0.717, 1.165) is 5.56 Å². The van der Waals surface area contributed by atoms with E-state index < -0.39 is 0 Å². The zero-order valence-electron chi connectivity index (χ0n) is 11.5. The molecule has 3 N–H and O–H groups in total. The van der Waals surface area contributed by atoms with Gasteiger partial charge in [-0.3, -0.25) is 4.79 Å². The van der Waals surface area contributed by atoms with Crippen molar-refractivity contribution in [3.05, 3.63) is 23.8 Å². The van der Waals surface area contributed by atoms with Crippen molar-refractivity contribution in [2.45, 2.75) is 33.8 Å². The monoisotopic (exact) mass is 250 g/mol. The third kappa shape index (κ3) is 4.04. The molecule has 100 valence electrons. The number of para-hydroxylation sites is 1. The van der Waals surface area contributed by atoms with E-state index in [2.05, 4.69) is 19.2 Å². The minimum atomic E-state index is -0.177. The molecule has 1 unspecified atom stereocenters. The molecular weight excluding hydrogens is 228 g/mol. The largest absolute Gasteiger partial charge is 0.397 e. The third-order valence-electron chi connectivity index (χ3n) is 2.99. The van der Waals surface area contributed by atoms with Crippen molar-refractivity contribution in [2.24, 2.45) is 5.92 Å². The molecule has 1 atom stereocenters. The van der Waals surface area contributed by atoms with Gasteiger partial charge in [0.2, 0.25) is 5.91 Å². The van der Waals surface area contributed by atoms with Crippen LogP contribution in [0.2, 0.25) is 0 Å². The number of rotatable bonds is 5. The highest BCUT2D eigenvalue weighted by molar-refractivity contribution is 5.95. The summed E-state index contributed by atoms with van der Waals surface area (Å²) in [6.07, 6.45) is 0.0602. The number of amides is 1. The van der Waals surface area contributed by atoms with Gasteiger partial charge in [-0.05, 0) is 31.4 Å². The number of nitrogen functional groups attached to an aromatic ring is 1. The van der Waals surface area contributed by atoms with Crippen molar-refractivity contribution in [3.63, 3.8) is 0 Å². The molecular formula is C14H22N2O2. The smallest absolute Gasteiger partial charge is 0.250 e. The minimum Gasteiger partial charge on any atom is -0.397 e. The summed E-state index contributed by atoms with van der Waals surface area (Å²) in [6, 6.07) is 5.53. The summed E-state index contributed by atoms with van der Waals surface area (Å²) in [7, 11) is 0. The van der Waals surface area contributed by atoms with Gasteiger partial charge in [0.15, 0.2) is 0 Å². The van der Waals surface area contributed by atoms with Gasteiger partial charge in [-0.25, -0.2) is 0 Å². The first-order valence-corrected chi connectivity index (χ1v) is 6.18. The highest BCUT2D eigenvalue weighted by atomic mass is 16.5. The molecule has 1 aromatic carbocycles. The van der Waals surface area contributed by atoms with Gasteiger partial charge in [0.05, 0.1) is 17.5 Å². The van der Waals surface area contributed by atoms with Crippen molar-refractivity contribution in [1.29, 1.82) is 0 Å². The van der Waals surface area contributed by atoms with Crippen LogP contribution in [0.5, 0.6) is 0 Å². The second kappa shape index (κ2) is 6.40. The number of hydrogen-bond acceptors (Lipinski definition) is 3. The van der Waals surface area contributed by atoms with Crippen LogP contribution in [0, 0.1) is 12.8 Å². The van der Waals surface area contributed by atoms with Gasteiger partial charge in [0.25, 0.3) is 0 Å². The Hall–Kier alpha value is -1.55. The standard InChI is InChI=1S/C14H22N2O2/c1-9(2)11(4)18-8-13(17)16-14-10(3)6-5-7-12(14)15/h5-7,9,11H,8,15H2,1-4H3,(H,16,17). The van der Waals surface area contributed by atoms with E-state index in [0.29, 0.717) is 17.3 Å². The molecule has 0 fully saturated rings. The van der Waals surface area contributed by atoms with Gasteiger partial charge in [-0.1, -0.05) is 26.0 Å². The number of carbonyl (C=O) groups excluding carboxylic acids is 1. The van der Waals surface area contributed by atoms with E-state index in [-0.39, 0.29) is 18.6 Å². The van der Waals surface area contributed by atoms with Crippen LogP contribution >= 0.6 is 0 Å². The van der Waals surface area contributed by atoms with Crippen LogP contribution in [0.4, 0.5) is 11.4 Å². The molecule has 0 radical (unpaired) electrons. The molecule has 0 bridgehead atoms. The minimum absolute atomic E-state index is 0.0487. The number of carbonyl (C=O) groups is 1. The van der Waals surface area contributed by atoms with Crippen molar-refractivity contribution < 1.29 is 9.53 Å². The molecule has 1 aromatic rings. The number of hydrogen-bond donors (Lipinski definition) is 2. The number of nitrogens with one attached hydrogen (secondary N) is 1. The predicted octanol–water partition coefficient (Wildman–Crippen LogP) is 2.58. The Morgan fingerprint density at radius 1 is 1.39 bits per heavy atom. The molecule has 0 heterocycles. The van der Waals surface area contributed by atoms with E-state index in [9.17, 15) is 4.79 Å². The van der Waals surface area contributed by atoms with Crippen LogP contribution in [0.15, 0.2) is 18.2 Å². The molecule has 0 aliphatic rings. The molecule has 0 saturated carbocycles. The maximum atomic E-state index is 11.8. The third-order valence-corrected chi connectivity index (χ3v) is 2.99. The van der Waals surface area contributed by atoms with Crippen molar-refractivity contribution in [3.8, 4) is 0 Å². The lowest BCUT2D eigenvalue weighted by molar-refractivity contribution is -0.123. The van der Waals surface area contributed by atoms with Crippen LogP contribution < -0.4 is 11.1 Å². The van der Waals surface area contributed by atoms with Gasteiger partial charge in [0, 0.05) is 0 Å². The van der Waals surface area contributed by atoms with E-state index in [1.165, 1.54) is 0 Å². The zero-order valence-corrected chi connectivity index (χ0v) is 11.5. The molecule has 4 heteroatoms. The number of ether oxygens (including phenoxy) is 1. The van der Waals surface area contributed by atoms with Crippen molar-refractivity contribution in [2.75, 3.05) is 17.7 Å². The van der Waals surface area contributed by atoms with Crippen molar-refractivity contribution >= 4 is 17.3 Å². The Balaban J connectivity index is 2.55. The van der Waals surface area contributed by atoms with Gasteiger partial charge >= 0.3 is 0 Å². The Morgan fingerprint density at radius 3 is 2.61 bits per heavy atom. The summed E-state index contributed by atoms with van der Waals surface area (Å²) >= 11 is 0. The quantitative estimate of drug-likeness (QED) is 0.789. The average Bonchev–Trinajstić information content (AvgIpc) is 2.30. The fourth-order valence-electron chi connectivity index (χ4n) is 1.44. The topological polar surface area (TPSA) is 64.3 Å². The van der Waals surface area contributed by atoms with Gasteiger partial charge in [-0.15, -0.1) is 0 Å². The lowest BCUT2D eigenvalue weighted by Crippen LogP contribution is -2.25. The number of aryl methyl sites for hydroxylation is 1. The molecule has 0 aromatic heterocycles. The lowest BCUT2D eigenvalue weighted by atomic mass is 10.1. The van der Waals surface area contributed by atoms with E-state index >= 15 is 0 Å². The Morgan fingerprint density at radius 2 is 2.06 bits per heavy atom. The van der Waals surface area contributed by atoms with Crippen LogP contribution in [-0.2, 0) is 9.53 Å². The summed E-state index contributed by atoms with van der Waals surface area (Å²) in [5.41, 5.74) is 8.00. The van der Waals surface area contributed by atoms with E-state index in [1.54, 1.807) is 6.07 Å². The second-order valence-electron chi connectivity index (χ2n) is 4.85. The summed E-state index contributed by atoms with van der Waals surface area (Å²) < 4.78 is 5.46. The van der Waals surface area contributed by atoms with E-state index in [1.807, 2.05) is 26.0 Å². The fourth-order valence-corrected chi connectivity index (χ4v) is 1.44. The Labute approximate surface area is 109 Å². The van der Waals surface area contributed by atoms with Gasteiger partial charge in [-0.2, -0.15) is 0 Å². The first kappa shape index (κ1) is 14.5. The Kier molecular flexibility index (Phi) is 5.16. The molecule has 0 saturated heterocycles. The van der Waals surface area contributed by atoms with Gasteiger partial charge in [0.1, 0.15) is 6.61 Å². The number of benzene rings is 1. The first-order valence-electron chi connectivity index (χ1n) is 6.18. The highest BCUT2D eigenvalue weighted by Gasteiger charge is 2.12. The highest BCUT2D eigenvalue weighted by Crippen LogP contribution is 2.22. The van der Waals surface area contributed by atoms with Crippen LogP contribution in [-0.4, -0.2) is 18.6 Å². The molecule has 4 nitrogen and oxygen atoms in total. The number of anilines is 2. The molecule has 0 aliphatic heterocycles. The van der Waals surface area contributed by atoms with E-state index in [4.69, 9.17) is 10.5 Å². The zero-order chi connectivity index (χ0) is 13.7. The Bertz CT molecular complexity index is 396. The normalized spacial score (nSPS) is 12.5. The molecule has 0 spiro atoms. The lowest BCUT2D eigenvalue weighted by Gasteiger charge is -2.17. The summed E-state index contributed by atoms with van der Waals surface area (Å²) in [4.78, 5) is 11.8. The molecule has 18 heavy (non-hydrogen) atoms.